The minimum Gasteiger partial charge on any atom is -0.497 e. The van der Waals surface area contributed by atoms with Crippen molar-refractivity contribution in [3.8, 4) is 17.2 Å². The molecule has 30 heavy (non-hydrogen) atoms. The van der Waals surface area contributed by atoms with E-state index >= 15 is 0 Å². The van der Waals surface area contributed by atoms with Crippen molar-refractivity contribution in [1.29, 1.82) is 0 Å². The molecule has 2 aromatic carbocycles. The van der Waals surface area contributed by atoms with E-state index in [9.17, 15) is 4.79 Å². The zero-order valence-corrected chi connectivity index (χ0v) is 17.8. The highest BCUT2D eigenvalue weighted by molar-refractivity contribution is 6.15. The first-order valence-corrected chi connectivity index (χ1v) is 10.2. The predicted octanol–water partition coefficient (Wildman–Crippen LogP) is 4.13. The highest BCUT2D eigenvalue weighted by Gasteiger charge is 2.38. The Bertz CT molecular complexity index is 966. The summed E-state index contributed by atoms with van der Waals surface area (Å²) in [6, 6.07) is 12.2. The second kappa shape index (κ2) is 8.38. The Morgan fingerprint density at radius 2 is 1.67 bits per heavy atom. The Labute approximate surface area is 176 Å². The first kappa shape index (κ1) is 20.3. The zero-order chi connectivity index (χ0) is 21.3. The standard InChI is InChI=1S/C24H27NO5/c1-14(26)30-17-9-10-21-19(11-17)18-12-22(28-3)23(29-4)13-20(18)24(25-21)15-5-7-16(27-2)8-6-15/h5-8,12-13,17,19,21H,9-11H2,1-4H3. The summed E-state index contributed by atoms with van der Waals surface area (Å²) in [5.41, 5.74) is 4.17. The minimum absolute atomic E-state index is 0.0811. The molecule has 3 atom stereocenters. The topological polar surface area (TPSA) is 66.4 Å². The summed E-state index contributed by atoms with van der Waals surface area (Å²) in [4.78, 5) is 16.6. The molecule has 0 N–H and O–H groups in total. The first-order chi connectivity index (χ1) is 14.5. The van der Waals surface area contributed by atoms with Crippen LogP contribution in [0.15, 0.2) is 41.4 Å². The first-order valence-electron chi connectivity index (χ1n) is 10.2. The van der Waals surface area contributed by atoms with Gasteiger partial charge in [-0.05, 0) is 61.2 Å². The molecule has 4 rings (SSSR count). The number of nitrogens with zero attached hydrogens (tertiary/aromatic N) is 1. The molecule has 6 heteroatoms. The van der Waals surface area contributed by atoms with Gasteiger partial charge in [0, 0.05) is 24.0 Å². The van der Waals surface area contributed by atoms with Crippen LogP contribution in [0.5, 0.6) is 17.2 Å². The van der Waals surface area contributed by atoms with E-state index in [1.54, 1.807) is 21.3 Å². The van der Waals surface area contributed by atoms with Crippen LogP contribution in [-0.4, -0.2) is 45.2 Å². The van der Waals surface area contributed by atoms with Crippen LogP contribution < -0.4 is 14.2 Å². The van der Waals surface area contributed by atoms with Gasteiger partial charge >= 0.3 is 5.97 Å². The molecule has 0 saturated heterocycles. The van der Waals surface area contributed by atoms with Crippen LogP contribution in [0.2, 0.25) is 0 Å². The largest absolute Gasteiger partial charge is 0.497 e. The normalized spacial score (nSPS) is 22.3. The second-order valence-electron chi connectivity index (χ2n) is 7.72. The van der Waals surface area contributed by atoms with Crippen molar-refractivity contribution in [1.82, 2.24) is 0 Å². The molecule has 0 amide bonds. The number of rotatable bonds is 5. The number of carbonyl (C=O) groups is 1. The number of hydrogen-bond donors (Lipinski definition) is 0. The molecule has 0 aromatic heterocycles. The van der Waals surface area contributed by atoms with Crippen LogP contribution in [-0.2, 0) is 9.53 Å². The van der Waals surface area contributed by atoms with Crippen molar-refractivity contribution >= 4 is 11.7 Å². The molecule has 1 saturated carbocycles. The summed E-state index contributed by atoms with van der Waals surface area (Å²) in [5, 5.41) is 0. The fourth-order valence-electron chi connectivity index (χ4n) is 4.57. The summed E-state index contributed by atoms with van der Waals surface area (Å²) in [7, 11) is 4.94. The number of benzene rings is 2. The van der Waals surface area contributed by atoms with Gasteiger partial charge in [0.25, 0.3) is 0 Å². The van der Waals surface area contributed by atoms with Crippen molar-refractivity contribution in [2.24, 2.45) is 4.99 Å². The van der Waals surface area contributed by atoms with E-state index in [-0.39, 0.29) is 24.0 Å². The molecule has 1 aliphatic carbocycles. The average molecular weight is 409 g/mol. The molecule has 1 aliphatic heterocycles. The summed E-state index contributed by atoms with van der Waals surface area (Å²) < 4.78 is 22.0. The van der Waals surface area contributed by atoms with Crippen molar-refractivity contribution in [3.05, 3.63) is 53.1 Å². The fraction of sp³-hybridized carbons (Fsp3) is 0.417. The molecule has 3 unspecified atom stereocenters. The van der Waals surface area contributed by atoms with Crippen LogP contribution in [0.1, 0.15) is 48.8 Å². The van der Waals surface area contributed by atoms with Gasteiger partial charge in [-0.3, -0.25) is 9.79 Å². The van der Waals surface area contributed by atoms with Gasteiger partial charge < -0.3 is 18.9 Å². The number of carbonyl (C=O) groups excluding carboxylic acids is 1. The third-order valence-electron chi connectivity index (χ3n) is 5.97. The second-order valence-corrected chi connectivity index (χ2v) is 7.72. The number of fused-ring (bicyclic) bond motifs is 3. The van der Waals surface area contributed by atoms with Crippen LogP contribution in [0.3, 0.4) is 0 Å². The van der Waals surface area contributed by atoms with Crippen molar-refractivity contribution in [3.63, 3.8) is 0 Å². The lowest BCUT2D eigenvalue weighted by Gasteiger charge is -2.38. The number of esters is 1. The maximum absolute atomic E-state index is 11.5. The number of ether oxygens (including phenoxy) is 4. The number of aliphatic imine (C=N–C) groups is 1. The van der Waals surface area contributed by atoms with Gasteiger partial charge in [-0.1, -0.05) is 0 Å². The van der Waals surface area contributed by atoms with Crippen LogP contribution in [0, 0.1) is 0 Å². The minimum atomic E-state index is -0.232. The Morgan fingerprint density at radius 3 is 2.30 bits per heavy atom. The summed E-state index contributed by atoms with van der Waals surface area (Å²) in [6.07, 6.45) is 2.37. The predicted molar refractivity (Wildman–Crippen MR) is 114 cm³/mol. The molecule has 6 nitrogen and oxygen atoms in total. The van der Waals surface area contributed by atoms with Gasteiger partial charge in [0.2, 0.25) is 0 Å². The van der Waals surface area contributed by atoms with Gasteiger partial charge in [-0.25, -0.2) is 0 Å². The summed E-state index contributed by atoms with van der Waals surface area (Å²) >= 11 is 0. The monoisotopic (exact) mass is 409 g/mol. The SMILES string of the molecule is COc1ccc(C2=NC3CCC(OC(C)=O)CC3c3cc(OC)c(OC)cc32)cc1. The van der Waals surface area contributed by atoms with Gasteiger partial charge in [-0.2, -0.15) is 0 Å². The number of hydrogen-bond acceptors (Lipinski definition) is 6. The van der Waals surface area contributed by atoms with E-state index in [0.29, 0.717) is 11.5 Å². The molecule has 0 radical (unpaired) electrons. The van der Waals surface area contributed by atoms with Gasteiger partial charge in [-0.15, -0.1) is 0 Å². The van der Waals surface area contributed by atoms with E-state index in [1.807, 2.05) is 30.3 Å². The fourth-order valence-corrected chi connectivity index (χ4v) is 4.57. The van der Waals surface area contributed by atoms with Crippen LogP contribution >= 0.6 is 0 Å². The lowest BCUT2D eigenvalue weighted by atomic mass is 9.74. The average Bonchev–Trinajstić information content (AvgIpc) is 2.77. The molecular weight excluding hydrogens is 382 g/mol. The van der Waals surface area contributed by atoms with Crippen LogP contribution in [0.4, 0.5) is 0 Å². The van der Waals surface area contributed by atoms with E-state index in [4.69, 9.17) is 23.9 Å². The van der Waals surface area contributed by atoms with E-state index in [1.165, 1.54) is 6.92 Å². The molecule has 2 aromatic rings. The zero-order valence-electron chi connectivity index (χ0n) is 17.8. The van der Waals surface area contributed by atoms with Crippen molar-refractivity contribution < 1.29 is 23.7 Å². The van der Waals surface area contributed by atoms with Gasteiger partial charge in [0.05, 0.1) is 33.1 Å². The maximum atomic E-state index is 11.5. The molecule has 158 valence electrons. The van der Waals surface area contributed by atoms with E-state index < -0.39 is 0 Å². The smallest absolute Gasteiger partial charge is 0.302 e. The Kier molecular flexibility index (Phi) is 5.66. The van der Waals surface area contributed by atoms with Crippen molar-refractivity contribution in [2.45, 2.75) is 44.2 Å². The quantitative estimate of drug-likeness (QED) is 0.695. The molecule has 0 spiro atoms. The molecule has 1 heterocycles. The Hall–Kier alpha value is -3.02. The van der Waals surface area contributed by atoms with Crippen molar-refractivity contribution in [2.75, 3.05) is 21.3 Å². The van der Waals surface area contributed by atoms with Gasteiger partial charge in [0.1, 0.15) is 11.9 Å². The van der Waals surface area contributed by atoms with Crippen LogP contribution in [0.25, 0.3) is 0 Å². The number of methoxy groups -OCH3 is 3. The molecular formula is C24H27NO5. The van der Waals surface area contributed by atoms with E-state index in [2.05, 4.69) is 6.07 Å². The third kappa shape index (κ3) is 3.74. The van der Waals surface area contributed by atoms with E-state index in [0.717, 1.165) is 47.4 Å². The summed E-state index contributed by atoms with van der Waals surface area (Å²) in [5.74, 6) is 2.11. The lowest BCUT2D eigenvalue weighted by Crippen LogP contribution is -2.36. The maximum Gasteiger partial charge on any atom is 0.302 e. The molecule has 2 aliphatic rings. The highest BCUT2D eigenvalue weighted by atomic mass is 16.5. The lowest BCUT2D eigenvalue weighted by molar-refractivity contribution is -0.148. The Morgan fingerprint density at radius 1 is 0.967 bits per heavy atom. The molecule has 1 fully saturated rings. The highest BCUT2D eigenvalue weighted by Crippen LogP contribution is 2.45. The van der Waals surface area contributed by atoms with Gasteiger partial charge in [0.15, 0.2) is 11.5 Å². The Balaban J connectivity index is 1.80. The third-order valence-corrected chi connectivity index (χ3v) is 5.97. The summed E-state index contributed by atoms with van der Waals surface area (Å²) in [6.45, 7) is 1.47. The molecule has 0 bridgehead atoms.